The van der Waals surface area contributed by atoms with Crippen LogP contribution in [0.25, 0.3) is 0 Å². The minimum absolute atomic E-state index is 0.0842. The number of ether oxygens (including phenoxy) is 1. The number of carbonyl (C=O) groups is 1. The molecule has 0 radical (unpaired) electrons. The van der Waals surface area contributed by atoms with Crippen molar-refractivity contribution in [1.82, 2.24) is 20.7 Å². The molecule has 0 aromatic heterocycles. The Bertz CT molecular complexity index is 981. The van der Waals surface area contributed by atoms with Crippen LogP contribution in [0.3, 0.4) is 0 Å². The molecule has 1 unspecified atom stereocenters. The van der Waals surface area contributed by atoms with Crippen molar-refractivity contribution in [3.63, 3.8) is 0 Å². The van der Waals surface area contributed by atoms with E-state index in [1.807, 2.05) is 13.8 Å². The normalized spacial score (nSPS) is 23.2. The fraction of sp³-hybridized carbons (Fsp3) is 0.565. The molecule has 0 aromatic carbocycles. The zero-order valence-corrected chi connectivity index (χ0v) is 22.0. The Morgan fingerprint density at radius 1 is 1.33 bits per heavy atom. The fourth-order valence-electron chi connectivity index (χ4n) is 3.57. The quantitative estimate of drug-likeness (QED) is 0.174. The van der Waals surface area contributed by atoms with E-state index >= 15 is 0 Å². The predicted molar refractivity (Wildman–Crippen MR) is 129 cm³/mol. The Morgan fingerprint density at radius 2 is 1.97 bits per heavy atom. The lowest BCUT2D eigenvalue weighted by Gasteiger charge is -2.29. The molecule has 13 heteroatoms. The van der Waals surface area contributed by atoms with Crippen molar-refractivity contribution in [2.45, 2.75) is 53.3 Å². The Morgan fingerprint density at radius 3 is 2.47 bits per heavy atom. The van der Waals surface area contributed by atoms with Crippen LogP contribution in [0.4, 0.5) is 22.4 Å². The van der Waals surface area contributed by atoms with Gasteiger partial charge < -0.3 is 9.57 Å². The number of oxime groups is 1. The largest absolute Gasteiger partial charge is 0.417 e. The number of nitrogens with zero attached hydrogens (tertiary/aromatic N) is 4. The van der Waals surface area contributed by atoms with Crippen molar-refractivity contribution in [3.05, 3.63) is 46.2 Å². The number of carbonyl (C=O) groups excluding carboxylic acids is 1. The highest BCUT2D eigenvalue weighted by molar-refractivity contribution is 6.30. The van der Waals surface area contributed by atoms with Gasteiger partial charge in [-0.3, -0.25) is 0 Å². The summed E-state index contributed by atoms with van der Waals surface area (Å²) in [6.45, 7) is 8.58. The molecule has 8 nitrogen and oxygen atoms in total. The molecule has 1 N–H and O–H groups in total. The van der Waals surface area contributed by atoms with Crippen molar-refractivity contribution in [2.75, 3.05) is 20.7 Å². The van der Waals surface area contributed by atoms with Gasteiger partial charge in [-0.15, -0.1) is 10.7 Å². The number of alkyl halides is 4. The third kappa shape index (κ3) is 6.67. The van der Waals surface area contributed by atoms with Crippen LogP contribution in [0.5, 0.6) is 0 Å². The zero-order valence-electron chi connectivity index (χ0n) is 21.2. The van der Waals surface area contributed by atoms with E-state index in [2.05, 4.69) is 15.4 Å². The standard InChI is InChI=1S/C23H32ClF4N5O3/c1-8-18(33-22(34)31(6)32(7)30-33)17(20(24)13(2)3)12-35-29-15(5)16-10-9-11-19(14(16)4)36-23(27,28)21(25)26/h8-11,13-14,19,21,30H,12H2,1-7H3/b18-8+,20-17+,29-15+/t14-,19?/m0/s1. The molecule has 0 saturated carbocycles. The number of amides is 2. The monoisotopic (exact) mass is 537 g/mol. The minimum Gasteiger partial charge on any atom is -0.391 e. The molecular formula is C23H32ClF4N5O3. The SMILES string of the molecule is C/C=C(\C(CO/N=C(\C)C1=CC=CC(OC(F)(F)C(F)F)[C@H]1C)=C(\Cl)C(C)C)N1NN(C)N(C)C1=O. The summed E-state index contributed by atoms with van der Waals surface area (Å²) in [4.78, 5) is 18.2. The van der Waals surface area contributed by atoms with Crippen molar-refractivity contribution in [3.8, 4) is 0 Å². The Labute approximate surface area is 213 Å². The topological polar surface area (TPSA) is 69.6 Å². The van der Waals surface area contributed by atoms with E-state index in [0.717, 1.165) is 0 Å². The summed E-state index contributed by atoms with van der Waals surface area (Å²) in [7, 11) is 3.27. The molecule has 1 fully saturated rings. The van der Waals surface area contributed by atoms with Gasteiger partial charge in [-0.2, -0.15) is 8.78 Å². The maximum absolute atomic E-state index is 13.4. The lowest BCUT2D eigenvalue weighted by Crippen LogP contribution is -2.39. The van der Waals surface area contributed by atoms with E-state index in [4.69, 9.17) is 16.4 Å². The molecule has 2 rings (SSSR count). The van der Waals surface area contributed by atoms with Gasteiger partial charge in [-0.1, -0.05) is 61.8 Å². The van der Waals surface area contributed by atoms with E-state index in [0.29, 0.717) is 27.6 Å². The van der Waals surface area contributed by atoms with Crippen molar-refractivity contribution < 1.29 is 31.9 Å². The number of rotatable bonds is 10. The second kappa shape index (κ2) is 12.2. The van der Waals surface area contributed by atoms with E-state index < -0.39 is 24.6 Å². The van der Waals surface area contributed by atoms with Gasteiger partial charge in [0, 0.05) is 30.6 Å². The van der Waals surface area contributed by atoms with Gasteiger partial charge in [-0.05, 0) is 25.3 Å². The van der Waals surface area contributed by atoms with Gasteiger partial charge >= 0.3 is 18.6 Å². The van der Waals surface area contributed by atoms with Gasteiger partial charge in [0.25, 0.3) is 0 Å². The van der Waals surface area contributed by atoms with Crippen LogP contribution < -0.4 is 5.53 Å². The molecule has 0 bridgehead atoms. The second-order valence-corrected chi connectivity index (χ2v) is 9.02. The first-order valence-electron chi connectivity index (χ1n) is 11.2. The lowest BCUT2D eigenvalue weighted by molar-refractivity contribution is -0.315. The van der Waals surface area contributed by atoms with Crippen LogP contribution in [0.2, 0.25) is 0 Å². The molecule has 1 aliphatic heterocycles. The lowest BCUT2D eigenvalue weighted by atomic mass is 9.88. The summed E-state index contributed by atoms with van der Waals surface area (Å²) in [6.07, 6.45) is -3.74. The van der Waals surface area contributed by atoms with Gasteiger partial charge in [0.1, 0.15) is 6.61 Å². The first-order chi connectivity index (χ1) is 16.7. The van der Waals surface area contributed by atoms with Gasteiger partial charge in [-0.25, -0.2) is 23.6 Å². The van der Waals surface area contributed by atoms with Crippen LogP contribution in [-0.4, -0.2) is 66.2 Å². The van der Waals surface area contributed by atoms with Gasteiger partial charge in [0.2, 0.25) is 0 Å². The average molecular weight is 538 g/mol. The van der Waals surface area contributed by atoms with E-state index in [9.17, 15) is 22.4 Å². The molecule has 36 heavy (non-hydrogen) atoms. The Hall–Kier alpha value is -2.41. The summed E-state index contributed by atoms with van der Waals surface area (Å²) in [5.41, 5.74) is 4.73. The highest BCUT2D eigenvalue weighted by atomic mass is 35.5. The molecule has 0 aromatic rings. The average Bonchev–Trinajstić information content (AvgIpc) is 3.06. The van der Waals surface area contributed by atoms with E-state index in [-0.39, 0.29) is 18.6 Å². The molecule has 1 saturated heterocycles. The smallest absolute Gasteiger partial charge is 0.391 e. The highest BCUT2D eigenvalue weighted by Crippen LogP contribution is 2.33. The molecule has 2 atom stereocenters. The third-order valence-electron chi connectivity index (χ3n) is 5.72. The van der Waals surface area contributed by atoms with Crippen LogP contribution in [0, 0.1) is 11.8 Å². The Balaban J connectivity index is 2.21. The predicted octanol–water partition coefficient (Wildman–Crippen LogP) is 5.44. The number of halogens is 5. The summed E-state index contributed by atoms with van der Waals surface area (Å²) >= 11 is 6.60. The van der Waals surface area contributed by atoms with E-state index in [1.165, 1.54) is 27.3 Å². The van der Waals surface area contributed by atoms with Gasteiger partial charge in [0.05, 0.1) is 17.5 Å². The van der Waals surface area contributed by atoms with Crippen LogP contribution in [-0.2, 0) is 9.57 Å². The molecule has 202 valence electrons. The molecule has 2 aliphatic rings. The number of allylic oxidation sites excluding steroid dienone is 4. The minimum atomic E-state index is -4.58. The number of urea groups is 1. The number of hydrogen-bond donors (Lipinski definition) is 1. The fourth-order valence-corrected chi connectivity index (χ4v) is 3.72. The summed E-state index contributed by atoms with van der Waals surface area (Å²) in [5.74, 6) is -0.774. The third-order valence-corrected chi connectivity index (χ3v) is 6.38. The van der Waals surface area contributed by atoms with Crippen molar-refractivity contribution in [2.24, 2.45) is 17.0 Å². The first-order valence-corrected chi connectivity index (χ1v) is 11.6. The van der Waals surface area contributed by atoms with Gasteiger partial charge in [0.15, 0.2) is 0 Å². The number of hydrazine groups is 3. The van der Waals surface area contributed by atoms with Crippen LogP contribution in [0.1, 0.15) is 34.6 Å². The van der Waals surface area contributed by atoms with Crippen LogP contribution >= 0.6 is 11.6 Å². The summed E-state index contributed by atoms with van der Waals surface area (Å²) < 4.78 is 56.4. The van der Waals surface area contributed by atoms with Crippen molar-refractivity contribution in [1.29, 1.82) is 0 Å². The molecule has 1 heterocycles. The van der Waals surface area contributed by atoms with Crippen LogP contribution in [0.15, 0.2) is 51.3 Å². The number of hydrogen-bond acceptors (Lipinski definition) is 6. The summed E-state index contributed by atoms with van der Waals surface area (Å²) in [6, 6.07) is -0.337. The van der Waals surface area contributed by atoms with E-state index in [1.54, 1.807) is 47.0 Å². The zero-order chi connectivity index (χ0) is 27.4. The summed E-state index contributed by atoms with van der Waals surface area (Å²) in [5, 5.41) is 8.74. The second-order valence-electron chi connectivity index (χ2n) is 8.61. The first kappa shape index (κ1) is 29.8. The maximum Gasteiger partial charge on any atom is 0.417 e. The molecular weight excluding hydrogens is 506 g/mol. The molecule has 1 aliphatic carbocycles. The highest BCUT2D eigenvalue weighted by Gasteiger charge is 2.45. The maximum atomic E-state index is 13.4. The molecule has 2 amide bonds. The Kier molecular flexibility index (Phi) is 10.1. The number of nitrogens with one attached hydrogen (secondary N) is 1. The molecule has 0 spiro atoms. The van der Waals surface area contributed by atoms with Crippen molar-refractivity contribution >= 4 is 23.3 Å².